The van der Waals surface area contributed by atoms with E-state index in [0.29, 0.717) is 0 Å². The molecule has 24 heavy (non-hydrogen) atoms. The maximum absolute atomic E-state index is 12.2. The van der Waals surface area contributed by atoms with Crippen LogP contribution in [-0.2, 0) is 23.8 Å². The smallest absolute Gasteiger partial charge is 0.346 e. The first-order valence-corrected chi connectivity index (χ1v) is 9.19. The largest absolute Gasteiger partial charge is 0.460 e. The molecule has 2 rings (SSSR count). The summed E-state index contributed by atoms with van der Waals surface area (Å²) in [7, 11) is 1.33. The molecule has 2 aliphatic rings. The third kappa shape index (κ3) is 4.16. The number of ether oxygens (including phenoxy) is 3. The number of hydrogen-bond acceptors (Lipinski definition) is 6. The summed E-state index contributed by atoms with van der Waals surface area (Å²) in [6, 6.07) is 0. The van der Waals surface area contributed by atoms with E-state index in [-0.39, 0.29) is 12.5 Å². The molecular formula is C18H30O6. The van der Waals surface area contributed by atoms with Gasteiger partial charge in [-0.1, -0.05) is 51.9 Å². The Balaban J connectivity index is 1.70. The summed E-state index contributed by atoms with van der Waals surface area (Å²) < 4.78 is 15.6. The number of aliphatic hydroxyl groups is 1. The zero-order chi connectivity index (χ0) is 17.6. The van der Waals surface area contributed by atoms with Crippen molar-refractivity contribution in [1.29, 1.82) is 0 Å². The molecule has 0 radical (unpaired) electrons. The molecule has 6 nitrogen and oxygen atoms in total. The van der Waals surface area contributed by atoms with Crippen LogP contribution >= 0.6 is 0 Å². The molecule has 2 saturated heterocycles. The van der Waals surface area contributed by atoms with Crippen molar-refractivity contribution in [1.82, 2.24) is 0 Å². The van der Waals surface area contributed by atoms with Crippen LogP contribution in [0.2, 0.25) is 0 Å². The van der Waals surface area contributed by atoms with Gasteiger partial charge in [0, 0.05) is 13.5 Å². The average Bonchev–Trinajstić information content (AvgIpc) is 3.02. The van der Waals surface area contributed by atoms with Crippen LogP contribution < -0.4 is 0 Å². The highest BCUT2D eigenvalue weighted by atomic mass is 16.7. The Hall–Kier alpha value is -0.980. The van der Waals surface area contributed by atoms with E-state index in [0.717, 1.165) is 19.3 Å². The molecule has 2 fully saturated rings. The van der Waals surface area contributed by atoms with Gasteiger partial charge in [0.05, 0.1) is 0 Å². The first-order valence-electron chi connectivity index (χ1n) is 9.19. The van der Waals surface area contributed by atoms with Crippen LogP contribution in [0.25, 0.3) is 0 Å². The molecule has 0 saturated carbocycles. The van der Waals surface area contributed by atoms with E-state index in [1.54, 1.807) is 0 Å². The monoisotopic (exact) mass is 342 g/mol. The number of unbranched alkanes of at least 4 members (excludes halogenated alkanes) is 7. The van der Waals surface area contributed by atoms with Crippen molar-refractivity contribution < 1.29 is 28.9 Å². The van der Waals surface area contributed by atoms with E-state index < -0.39 is 29.7 Å². The highest BCUT2D eigenvalue weighted by molar-refractivity contribution is 6.11. The minimum absolute atomic E-state index is 0.179. The van der Waals surface area contributed by atoms with E-state index in [1.165, 1.54) is 45.6 Å². The SMILES string of the molecule is CCCCCCCCCC[C@H]1C[C@]2(O[C@H](OC)[C@@H](O)C2=O)C(=O)O1. The number of hydrogen-bond donors (Lipinski definition) is 1. The second kappa shape index (κ2) is 8.92. The van der Waals surface area contributed by atoms with Crippen molar-refractivity contribution in [2.24, 2.45) is 0 Å². The molecule has 2 heterocycles. The van der Waals surface area contributed by atoms with Crippen LogP contribution in [0.4, 0.5) is 0 Å². The van der Waals surface area contributed by atoms with Crippen LogP contribution in [0.1, 0.15) is 71.1 Å². The van der Waals surface area contributed by atoms with Crippen LogP contribution in [-0.4, -0.2) is 48.1 Å². The van der Waals surface area contributed by atoms with Crippen molar-refractivity contribution in [2.45, 2.75) is 95.2 Å². The zero-order valence-electron chi connectivity index (χ0n) is 14.8. The molecule has 6 heteroatoms. The van der Waals surface area contributed by atoms with Gasteiger partial charge in [0.1, 0.15) is 6.10 Å². The molecule has 4 atom stereocenters. The summed E-state index contributed by atoms with van der Waals surface area (Å²) in [6.45, 7) is 2.21. The Morgan fingerprint density at radius 1 is 1.12 bits per heavy atom. The molecule has 2 aliphatic heterocycles. The molecule has 0 amide bonds. The zero-order valence-corrected chi connectivity index (χ0v) is 14.8. The topological polar surface area (TPSA) is 82.1 Å². The lowest BCUT2D eigenvalue weighted by molar-refractivity contribution is -0.187. The van der Waals surface area contributed by atoms with Crippen molar-refractivity contribution in [3.05, 3.63) is 0 Å². The minimum Gasteiger partial charge on any atom is -0.460 e. The normalized spacial score (nSPS) is 32.7. The molecule has 0 aromatic rings. The van der Waals surface area contributed by atoms with Gasteiger partial charge in [-0.2, -0.15) is 0 Å². The van der Waals surface area contributed by atoms with Crippen molar-refractivity contribution in [3.8, 4) is 0 Å². The van der Waals surface area contributed by atoms with Gasteiger partial charge in [0.2, 0.25) is 11.4 Å². The maximum atomic E-state index is 12.2. The van der Waals surface area contributed by atoms with Gasteiger partial charge >= 0.3 is 5.97 Å². The second-order valence-corrected chi connectivity index (χ2v) is 6.85. The van der Waals surface area contributed by atoms with Gasteiger partial charge in [-0.25, -0.2) is 4.79 Å². The number of rotatable bonds is 10. The van der Waals surface area contributed by atoms with E-state index in [4.69, 9.17) is 14.2 Å². The van der Waals surface area contributed by atoms with Gasteiger partial charge in [-0.05, 0) is 12.8 Å². The van der Waals surface area contributed by atoms with E-state index >= 15 is 0 Å². The van der Waals surface area contributed by atoms with Crippen LogP contribution in [0.3, 0.4) is 0 Å². The van der Waals surface area contributed by atoms with E-state index in [2.05, 4.69) is 6.92 Å². The summed E-state index contributed by atoms with van der Waals surface area (Å²) in [4.78, 5) is 24.3. The fourth-order valence-corrected chi connectivity index (χ4v) is 3.52. The lowest BCUT2D eigenvalue weighted by Crippen LogP contribution is -2.43. The Morgan fingerprint density at radius 3 is 2.33 bits per heavy atom. The lowest BCUT2D eigenvalue weighted by atomic mass is 9.92. The first-order chi connectivity index (χ1) is 11.5. The fourth-order valence-electron chi connectivity index (χ4n) is 3.52. The summed E-state index contributed by atoms with van der Waals surface area (Å²) in [5.41, 5.74) is -1.66. The molecule has 138 valence electrons. The molecule has 0 aliphatic carbocycles. The second-order valence-electron chi connectivity index (χ2n) is 6.85. The Labute approximate surface area is 143 Å². The summed E-state index contributed by atoms with van der Waals surface area (Å²) in [5, 5.41) is 9.81. The van der Waals surface area contributed by atoms with Crippen LogP contribution in [0.5, 0.6) is 0 Å². The number of esters is 1. The minimum atomic E-state index is -1.66. The molecule has 1 N–H and O–H groups in total. The van der Waals surface area contributed by atoms with Crippen molar-refractivity contribution in [3.63, 3.8) is 0 Å². The van der Waals surface area contributed by atoms with Gasteiger partial charge in [0.15, 0.2) is 12.4 Å². The first kappa shape index (κ1) is 19.3. The number of carbonyl (C=O) groups excluding carboxylic acids is 2. The lowest BCUT2D eigenvalue weighted by Gasteiger charge is -2.16. The summed E-state index contributed by atoms with van der Waals surface area (Å²) in [6.07, 6.45) is 7.74. The van der Waals surface area contributed by atoms with Gasteiger partial charge < -0.3 is 19.3 Å². The molecule has 0 aromatic heterocycles. The Kier molecular flexibility index (Phi) is 7.19. The Bertz CT molecular complexity index is 437. The predicted octanol–water partition coefficient (Wildman–Crippen LogP) is 2.50. The van der Waals surface area contributed by atoms with E-state index in [1.807, 2.05) is 0 Å². The summed E-state index contributed by atoms with van der Waals surface area (Å²) >= 11 is 0. The maximum Gasteiger partial charge on any atom is 0.346 e. The quantitative estimate of drug-likeness (QED) is 0.373. The fraction of sp³-hybridized carbons (Fsp3) is 0.889. The van der Waals surface area contributed by atoms with Gasteiger partial charge in [0.25, 0.3) is 0 Å². The van der Waals surface area contributed by atoms with Gasteiger partial charge in [-0.15, -0.1) is 0 Å². The van der Waals surface area contributed by atoms with Crippen LogP contribution in [0.15, 0.2) is 0 Å². The number of methoxy groups -OCH3 is 1. The highest BCUT2D eigenvalue weighted by Gasteiger charge is 2.64. The number of ketones is 1. The number of cyclic esters (lactones) is 1. The highest BCUT2D eigenvalue weighted by Crippen LogP contribution is 2.39. The Morgan fingerprint density at radius 2 is 1.75 bits per heavy atom. The number of carbonyl (C=O) groups is 2. The van der Waals surface area contributed by atoms with E-state index in [9.17, 15) is 14.7 Å². The molecule has 1 spiro atoms. The van der Waals surface area contributed by atoms with Gasteiger partial charge in [-0.3, -0.25) is 4.79 Å². The standard InChI is InChI=1S/C18H30O6/c1-3-4-5-6-7-8-9-10-11-13-12-18(17(21)23-13)15(20)14(19)16(22-2)24-18/h13-14,16,19H,3-12H2,1-2H3/t13-,14-,16-,18+/m0/s1. The number of Topliss-reactive ketones (excluding diaryl/α,β-unsaturated/α-hetero) is 1. The molecule has 0 bridgehead atoms. The third-order valence-corrected chi connectivity index (χ3v) is 4.97. The van der Waals surface area contributed by atoms with Crippen molar-refractivity contribution in [2.75, 3.05) is 7.11 Å². The summed E-state index contributed by atoms with van der Waals surface area (Å²) in [5.74, 6) is -1.33. The average molecular weight is 342 g/mol. The molecule has 0 aromatic carbocycles. The predicted molar refractivity (Wildman–Crippen MR) is 87.4 cm³/mol. The molecule has 0 unspecified atom stereocenters. The number of aliphatic hydroxyl groups excluding tert-OH is 1. The third-order valence-electron chi connectivity index (χ3n) is 4.97. The van der Waals surface area contributed by atoms with Crippen LogP contribution in [0, 0.1) is 0 Å². The molecular weight excluding hydrogens is 312 g/mol. The van der Waals surface area contributed by atoms with Crippen molar-refractivity contribution >= 4 is 11.8 Å².